The number of pyridine rings is 1. The van der Waals surface area contributed by atoms with Crippen LogP contribution in [0.25, 0.3) is 0 Å². The molecule has 1 aliphatic rings. The lowest BCUT2D eigenvalue weighted by molar-refractivity contribution is 0.0944. The number of hydrogen-bond donors (Lipinski definition) is 2. The minimum absolute atomic E-state index is 0.0331. The molecule has 144 valence electrons. The van der Waals surface area contributed by atoms with E-state index in [1.54, 1.807) is 30.6 Å². The number of aromatic nitrogens is 3. The second-order valence-electron chi connectivity index (χ2n) is 6.77. The molecule has 4 rings (SSSR count). The highest BCUT2D eigenvalue weighted by atomic mass is 32.1. The summed E-state index contributed by atoms with van der Waals surface area (Å²) in [6, 6.07) is 7.42. The van der Waals surface area contributed by atoms with Gasteiger partial charge in [-0.3, -0.25) is 9.78 Å². The third-order valence-electron chi connectivity index (χ3n) is 5.02. The molecule has 0 radical (unpaired) electrons. The number of fused-ring (bicyclic) bond motifs is 1. The molecule has 0 bridgehead atoms. The molecular formula is C20H18F2N4OS. The fourth-order valence-corrected chi connectivity index (χ4v) is 4.04. The minimum Gasteiger partial charge on any atom is -0.345 e. The van der Waals surface area contributed by atoms with E-state index < -0.39 is 11.6 Å². The predicted octanol–water partition coefficient (Wildman–Crippen LogP) is 3.88. The first-order valence-electron chi connectivity index (χ1n) is 8.97. The van der Waals surface area contributed by atoms with Gasteiger partial charge < -0.3 is 14.9 Å². The van der Waals surface area contributed by atoms with Crippen LogP contribution in [0, 0.1) is 16.4 Å². The molecule has 8 heteroatoms. The van der Waals surface area contributed by atoms with E-state index in [0.717, 1.165) is 11.8 Å². The van der Waals surface area contributed by atoms with E-state index in [1.165, 1.54) is 6.07 Å². The molecule has 0 unspecified atom stereocenters. The van der Waals surface area contributed by atoms with E-state index >= 15 is 0 Å². The Hall–Kier alpha value is -2.87. The monoisotopic (exact) mass is 400 g/mol. The maximum Gasteiger partial charge on any atom is 0.270 e. The van der Waals surface area contributed by atoms with Crippen LogP contribution in [0.1, 0.15) is 39.8 Å². The van der Waals surface area contributed by atoms with Crippen LogP contribution in [-0.4, -0.2) is 20.4 Å². The number of amides is 1. The lowest BCUT2D eigenvalue weighted by Gasteiger charge is -2.27. The van der Waals surface area contributed by atoms with Gasteiger partial charge >= 0.3 is 0 Å². The van der Waals surface area contributed by atoms with Crippen molar-refractivity contribution < 1.29 is 13.6 Å². The average molecular weight is 400 g/mol. The smallest absolute Gasteiger partial charge is 0.270 e. The fraction of sp³-hybridized carbons (Fsp3) is 0.250. The third-order valence-corrected chi connectivity index (χ3v) is 5.33. The molecule has 2 aromatic heterocycles. The van der Waals surface area contributed by atoms with Crippen LogP contribution in [0.15, 0.2) is 42.7 Å². The molecule has 3 aromatic rings. The Balaban J connectivity index is 1.54. The molecule has 1 aliphatic carbocycles. The number of carbonyl (C=O) groups excluding carboxylic acids is 1. The van der Waals surface area contributed by atoms with E-state index in [9.17, 15) is 13.6 Å². The summed E-state index contributed by atoms with van der Waals surface area (Å²) in [5.41, 5.74) is 2.38. The summed E-state index contributed by atoms with van der Waals surface area (Å²) in [7, 11) is 0. The number of benzene rings is 1. The number of rotatable bonds is 4. The van der Waals surface area contributed by atoms with Crippen LogP contribution >= 0.6 is 12.2 Å². The Morgan fingerprint density at radius 3 is 3.00 bits per heavy atom. The number of hydrogen-bond acceptors (Lipinski definition) is 3. The molecule has 5 nitrogen and oxygen atoms in total. The van der Waals surface area contributed by atoms with Crippen molar-refractivity contribution in [3.63, 3.8) is 0 Å². The Morgan fingerprint density at radius 2 is 2.21 bits per heavy atom. The van der Waals surface area contributed by atoms with Crippen LogP contribution in [0.3, 0.4) is 0 Å². The number of nitrogens with one attached hydrogen (secondary N) is 2. The number of aromatic amines is 1. The second kappa shape index (κ2) is 7.63. The molecule has 2 heterocycles. The number of nitrogens with zero attached hydrogens (tertiary/aromatic N) is 2. The predicted molar refractivity (Wildman–Crippen MR) is 102 cm³/mol. The standard InChI is InChI=1S/C20H18F2N4OS/c21-13-7-12-8-14(4-5-16(12)17(22)9-13)26-15(11-25-20(26)28)10-24-19(27)18-3-1-2-6-23-18/h1-3,6-7,9,11,14H,4-5,8,10H2,(H,24,27)(H,25,28)/t14-/m0/s1. The lowest BCUT2D eigenvalue weighted by atomic mass is 9.87. The van der Waals surface area contributed by atoms with Crippen LogP contribution in [0.5, 0.6) is 0 Å². The van der Waals surface area contributed by atoms with E-state index in [1.807, 2.05) is 4.57 Å². The van der Waals surface area contributed by atoms with Crippen LogP contribution in [0.4, 0.5) is 8.78 Å². The molecule has 1 atom stereocenters. The number of carbonyl (C=O) groups is 1. The summed E-state index contributed by atoms with van der Waals surface area (Å²) in [5, 5.41) is 2.84. The molecule has 0 spiro atoms. The summed E-state index contributed by atoms with van der Waals surface area (Å²) in [5.74, 6) is -1.34. The zero-order chi connectivity index (χ0) is 19.7. The van der Waals surface area contributed by atoms with Gasteiger partial charge in [-0.05, 0) is 60.8 Å². The fourth-order valence-electron chi connectivity index (χ4n) is 3.72. The summed E-state index contributed by atoms with van der Waals surface area (Å²) >= 11 is 5.41. The Kier molecular flexibility index (Phi) is 5.04. The van der Waals surface area contributed by atoms with Crippen molar-refractivity contribution in [2.24, 2.45) is 0 Å². The summed E-state index contributed by atoms with van der Waals surface area (Å²) < 4.78 is 30.1. The van der Waals surface area contributed by atoms with Crippen molar-refractivity contribution in [2.45, 2.75) is 31.8 Å². The highest BCUT2D eigenvalue weighted by molar-refractivity contribution is 7.71. The number of imidazole rings is 1. The van der Waals surface area contributed by atoms with Gasteiger partial charge in [-0.1, -0.05) is 6.07 Å². The maximum atomic E-state index is 14.0. The Morgan fingerprint density at radius 1 is 1.36 bits per heavy atom. The quantitative estimate of drug-likeness (QED) is 0.654. The second-order valence-corrected chi connectivity index (χ2v) is 7.16. The van der Waals surface area contributed by atoms with Crippen LogP contribution in [0.2, 0.25) is 0 Å². The number of halogens is 2. The van der Waals surface area contributed by atoms with Crippen molar-refractivity contribution in [2.75, 3.05) is 0 Å². The van der Waals surface area contributed by atoms with Crippen molar-refractivity contribution in [3.8, 4) is 0 Å². The van der Waals surface area contributed by atoms with E-state index in [4.69, 9.17) is 12.2 Å². The van der Waals surface area contributed by atoms with E-state index in [0.29, 0.717) is 40.9 Å². The van der Waals surface area contributed by atoms with Gasteiger partial charge in [0.2, 0.25) is 0 Å². The molecule has 1 amide bonds. The highest BCUT2D eigenvalue weighted by Gasteiger charge is 2.25. The zero-order valence-electron chi connectivity index (χ0n) is 14.9. The SMILES string of the molecule is O=C(NCc1c[nH]c(=S)n1[C@H]1CCc2c(F)cc(F)cc2C1)c1ccccn1. The first-order chi connectivity index (χ1) is 13.5. The summed E-state index contributed by atoms with van der Waals surface area (Å²) in [4.78, 5) is 19.3. The van der Waals surface area contributed by atoms with Gasteiger partial charge in [0.05, 0.1) is 12.2 Å². The van der Waals surface area contributed by atoms with Crippen LogP contribution in [-0.2, 0) is 19.4 Å². The van der Waals surface area contributed by atoms with E-state index in [-0.39, 0.29) is 18.5 Å². The minimum atomic E-state index is -0.572. The van der Waals surface area contributed by atoms with Gasteiger partial charge in [-0.2, -0.15) is 0 Å². The third kappa shape index (κ3) is 3.60. The van der Waals surface area contributed by atoms with Gasteiger partial charge in [-0.25, -0.2) is 8.78 Å². The molecule has 0 fully saturated rings. The first-order valence-corrected chi connectivity index (χ1v) is 9.38. The molecule has 0 saturated carbocycles. The van der Waals surface area contributed by atoms with Crippen molar-refractivity contribution in [1.82, 2.24) is 19.9 Å². The average Bonchev–Trinajstić information content (AvgIpc) is 3.06. The largest absolute Gasteiger partial charge is 0.345 e. The van der Waals surface area contributed by atoms with E-state index in [2.05, 4.69) is 15.3 Å². The Labute approximate surface area is 165 Å². The molecule has 0 saturated heterocycles. The summed E-state index contributed by atoms with van der Waals surface area (Å²) in [6.45, 7) is 0.267. The molecule has 0 aliphatic heterocycles. The van der Waals surface area contributed by atoms with Crippen molar-refractivity contribution in [1.29, 1.82) is 0 Å². The van der Waals surface area contributed by atoms with Gasteiger partial charge in [-0.15, -0.1) is 0 Å². The summed E-state index contributed by atoms with van der Waals surface area (Å²) in [6.07, 6.45) is 4.99. The van der Waals surface area contributed by atoms with Gasteiger partial charge in [0.1, 0.15) is 17.3 Å². The van der Waals surface area contributed by atoms with Gasteiger partial charge in [0.25, 0.3) is 5.91 Å². The topological polar surface area (TPSA) is 62.7 Å². The Bertz CT molecular complexity index is 1080. The molecule has 1 aromatic carbocycles. The maximum absolute atomic E-state index is 14.0. The van der Waals surface area contributed by atoms with Gasteiger partial charge in [0, 0.05) is 24.5 Å². The van der Waals surface area contributed by atoms with Crippen LogP contribution < -0.4 is 5.32 Å². The molecule has 2 N–H and O–H groups in total. The van der Waals surface area contributed by atoms with Crippen molar-refractivity contribution in [3.05, 3.63) is 81.6 Å². The first kappa shape index (κ1) is 18.5. The molecular weight excluding hydrogens is 382 g/mol. The van der Waals surface area contributed by atoms with Crippen molar-refractivity contribution >= 4 is 18.1 Å². The lowest BCUT2D eigenvalue weighted by Crippen LogP contribution is -2.27. The highest BCUT2D eigenvalue weighted by Crippen LogP contribution is 2.32. The number of H-pyrrole nitrogens is 1. The molecule has 28 heavy (non-hydrogen) atoms. The normalized spacial score (nSPS) is 15.9. The van der Waals surface area contributed by atoms with Gasteiger partial charge in [0.15, 0.2) is 4.77 Å². The zero-order valence-corrected chi connectivity index (χ0v) is 15.7.